The molecule has 2 aromatic carbocycles. The van der Waals surface area contributed by atoms with Gasteiger partial charge < -0.3 is 38.3 Å². The third-order valence-corrected chi connectivity index (χ3v) is 3.59. The number of methoxy groups -OCH3 is 5. The van der Waals surface area contributed by atoms with Crippen molar-refractivity contribution in [3.05, 3.63) is 36.4 Å². The SMILES string of the molecule is COCCOCCOc1cc(OC)cc(OC)c1.COc1cc(O)cc(OC)c1. The van der Waals surface area contributed by atoms with Crippen LogP contribution in [0.2, 0.25) is 0 Å². The molecule has 0 aliphatic rings. The van der Waals surface area contributed by atoms with Gasteiger partial charge in [0.25, 0.3) is 0 Å². The average Bonchev–Trinajstić information content (AvgIpc) is 2.75. The van der Waals surface area contributed by atoms with E-state index in [1.165, 1.54) is 26.4 Å². The van der Waals surface area contributed by atoms with E-state index in [-0.39, 0.29) is 5.75 Å². The monoisotopic (exact) mass is 410 g/mol. The molecule has 0 aliphatic heterocycles. The second-order valence-electron chi connectivity index (χ2n) is 5.57. The van der Waals surface area contributed by atoms with E-state index in [0.29, 0.717) is 55.2 Å². The summed E-state index contributed by atoms with van der Waals surface area (Å²) in [7, 11) is 7.92. The minimum atomic E-state index is 0.140. The highest BCUT2D eigenvalue weighted by Crippen LogP contribution is 2.27. The first kappa shape index (κ1) is 24.2. The summed E-state index contributed by atoms with van der Waals surface area (Å²) in [4.78, 5) is 0. The number of hydrogen-bond acceptors (Lipinski definition) is 8. The summed E-state index contributed by atoms with van der Waals surface area (Å²) in [6.07, 6.45) is 0. The predicted octanol–water partition coefficient (Wildman–Crippen LogP) is 3.16. The zero-order chi connectivity index (χ0) is 21.5. The van der Waals surface area contributed by atoms with Gasteiger partial charge in [-0.3, -0.25) is 0 Å². The van der Waals surface area contributed by atoms with Crippen LogP contribution in [0.3, 0.4) is 0 Å². The largest absolute Gasteiger partial charge is 0.508 e. The van der Waals surface area contributed by atoms with E-state index in [1.807, 2.05) is 0 Å². The molecule has 0 aliphatic carbocycles. The van der Waals surface area contributed by atoms with Crippen LogP contribution >= 0.6 is 0 Å². The molecule has 1 N–H and O–H groups in total. The molecule has 0 bridgehead atoms. The maximum Gasteiger partial charge on any atom is 0.126 e. The highest BCUT2D eigenvalue weighted by molar-refractivity contribution is 5.42. The van der Waals surface area contributed by atoms with Crippen molar-refractivity contribution in [2.24, 2.45) is 0 Å². The molecule has 0 aromatic heterocycles. The van der Waals surface area contributed by atoms with E-state index < -0.39 is 0 Å². The van der Waals surface area contributed by atoms with Gasteiger partial charge in [0.15, 0.2) is 0 Å². The number of benzene rings is 2. The van der Waals surface area contributed by atoms with E-state index in [2.05, 4.69) is 0 Å². The van der Waals surface area contributed by atoms with Crippen molar-refractivity contribution < 1.29 is 38.3 Å². The molecule has 0 atom stereocenters. The van der Waals surface area contributed by atoms with Gasteiger partial charge in [0.05, 0.1) is 48.3 Å². The van der Waals surface area contributed by atoms with Gasteiger partial charge in [0, 0.05) is 43.5 Å². The maximum absolute atomic E-state index is 9.10. The molecule has 0 fully saturated rings. The Balaban J connectivity index is 0.000000326. The van der Waals surface area contributed by atoms with Gasteiger partial charge in [-0.2, -0.15) is 0 Å². The van der Waals surface area contributed by atoms with E-state index in [0.717, 1.165) is 0 Å². The second kappa shape index (κ2) is 14.2. The molecule has 0 radical (unpaired) electrons. The minimum absolute atomic E-state index is 0.140. The maximum atomic E-state index is 9.10. The van der Waals surface area contributed by atoms with Crippen LogP contribution in [0.5, 0.6) is 34.5 Å². The van der Waals surface area contributed by atoms with Crippen LogP contribution in [0.1, 0.15) is 0 Å². The third-order valence-electron chi connectivity index (χ3n) is 3.59. The molecule has 0 amide bonds. The van der Waals surface area contributed by atoms with Gasteiger partial charge in [0.2, 0.25) is 0 Å². The van der Waals surface area contributed by atoms with E-state index in [4.69, 9.17) is 38.3 Å². The van der Waals surface area contributed by atoms with Gasteiger partial charge in [0.1, 0.15) is 41.1 Å². The number of ether oxygens (including phenoxy) is 7. The lowest BCUT2D eigenvalue weighted by atomic mass is 10.3. The van der Waals surface area contributed by atoms with Crippen molar-refractivity contribution in [2.45, 2.75) is 0 Å². The lowest BCUT2D eigenvalue weighted by Crippen LogP contribution is -2.10. The average molecular weight is 410 g/mol. The highest BCUT2D eigenvalue weighted by atomic mass is 16.5. The summed E-state index contributed by atoms with van der Waals surface area (Å²) >= 11 is 0. The lowest BCUT2D eigenvalue weighted by molar-refractivity contribution is 0.0543. The summed E-state index contributed by atoms with van der Waals surface area (Å²) in [6, 6.07) is 10.1. The van der Waals surface area contributed by atoms with Crippen molar-refractivity contribution in [1.82, 2.24) is 0 Å². The fourth-order valence-electron chi connectivity index (χ4n) is 2.12. The number of phenolic OH excluding ortho intramolecular Hbond substituents is 1. The molecule has 0 saturated carbocycles. The Kier molecular flexibility index (Phi) is 11.8. The van der Waals surface area contributed by atoms with Gasteiger partial charge in [-0.15, -0.1) is 0 Å². The molecule has 2 rings (SSSR count). The van der Waals surface area contributed by atoms with Crippen LogP contribution < -0.4 is 23.7 Å². The van der Waals surface area contributed by atoms with Crippen LogP contribution in [-0.2, 0) is 9.47 Å². The first-order valence-corrected chi connectivity index (χ1v) is 8.90. The quantitative estimate of drug-likeness (QED) is 0.566. The summed E-state index contributed by atoms with van der Waals surface area (Å²) < 4.78 is 35.8. The first-order chi connectivity index (χ1) is 14.1. The van der Waals surface area contributed by atoms with E-state index in [9.17, 15) is 0 Å². The lowest BCUT2D eigenvalue weighted by Gasteiger charge is -2.10. The van der Waals surface area contributed by atoms with Gasteiger partial charge in [-0.25, -0.2) is 0 Å². The van der Waals surface area contributed by atoms with Crippen LogP contribution in [0.15, 0.2) is 36.4 Å². The Labute approximate surface area is 171 Å². The number of hydrogen-bond donors (Lipinski definition) is 1. The van der Waals surface area contributed by atoms with Gasteiger partial charge in [-0.05, 0) is 0 Å². The molecule has 2 aromatic rings. The standard InChI is InChI=1S/C13H20O5.C8H10O3/c1-14-4-5-17-6-7-18-13-9-11(15-2)8-12(10-13)16-3;1-10-7-3-6(9)4-8(5-7)11-2/h8-10H,4-7H2,1-3H3;3-5,9H,1-2H3. The highest BCUT2D eigenvalue weighted by Gasteiger charge is 2.02. The summed E-state index contributed by atoms with van der Waals surface area (Å²) in [5.41, 5.74) is 0. The van der Waals surface area contributed by atoms with Crippen molar-refractivity contribution in [3.63, 3.8) is 0 Å². The van der Waals surface area contributed by atoms with Crippen molar-refractivity contribution in [2.75, 3.05) is 62.0 Å². The number of phenols is 1. The molecule has 29 heavy (non-hydrogen) atoms. The molecule has 0 saturated heterocycles. The molecular formula is C21H30O8. The second-order valence-corrected chi connectivity index (χ2v) is 5.57. The molecule has 0 heterocycles. The third kappa shape index (κ3) is 9.77. The van der Waals surface area contributed by atoms with Gasteiger partial charge >= 0.3 is 0 Å². The van der Waals surface area contributed by atoms with Crippen molar-refractivity contribution in [3.8, 4) is 34.5 Å². The first-order valence-electron chi connectivity index (χ1n) is 8.90. The van der Waals surface area contributed by atoms with Crippen LogP contribution in [0.4, 0.5) is 0 Å². The van der Waals surface area contributed by atoms with Crippen LogP contribution in [0, 0.1) is 0 Å². The van der Waals surface area contributed by atoms with E-state index >= 15 is 0 Å². The fraction of sp³-hybridized carbons (Fsp3) is 0.429. The van der Waals surface area contributed by atoms with E-state index in [1.54, 1.807) is 45.6 Å². The fourth-order valence-corrected chi connectivity index (χ4v) is 2.12. The normalized spacial score (nSPS) is 9.83. The molecular weight excluding hydrogens is 380 g/mol. The predicted molar refractivity (Wildman–Crippen MR) is 109 cm³/mol. The Morgan fingerprint density at radius 3 is 1.41 bits per heavy atom. The minimum Gasteiger partial charge on any atom is -0.508 e. The summed E-state index contributed by atoms with van der Waals surface area (Å²) in [5, 5.41) is 9.10. The zero-order valence-electron chi connectivity index (χ0n) is 17.6. The molecule has 8 nitrogen and oxygen atoms in total. The Morgan fingerprint density at radius 1 is 0.552 bits per heavy atom. The molecule has 0 unspecified atom stereocenters. The Hall–Kier alpha value is -2.84. The molecule has 0 spiro atoms. The van der Waals surface area contributed by atoms with Crippen molar-refractivity contribution >= 4 is 0 Å². The number of rotatable bonds is 11. The van der Waals surface area contributed by atoms with Crippen molar-refractivity contribution in [1.29, 1.82) is 0 Å². The summed E-state index contributed by atoms with van der Waals surface area (Å²) in [5.74, 6) is 3.40. The summed E-state index contributed by atoms with van der Waals surface area (Å²) in [6.45, 7) is 2.15. The van der Waals surface area contributed by atoms with Crippen LogP contribution in [-0.4, -0.2) is 67.1 Å². The smallest absolute Gasteiger partial charge is 0.126 e. The van der Waals surface area contributed by atoms with Crippen LogP contribution in [0.25, 0.3) is 0 Å². The zero-order valence-corrected chi connectivity index (χ0v) is 17.6. The topological polar surface area (TPSA) is 84.8 Å². The Morgan fingerprint density at radius 2 is 0.966 bits per heavy atom. The van der Waals surface area contributed by atoms with Gasteiger partial charge in [-0.1, -0.05) is 0 Å². The molecule has 162 valence electrons. The Bertz CT molecular complexity index is 661. The molecule has 8 heteroatoms. The number of aromatic hydroxyl groups is 1.